The predicted octanol–water partition coefficient (Wildman–Crippen LogP) is 1.95. The van der Waals surface area contributed by atoms with Crippen molar-refractivity contribution in [2.45, 2.75) is 31.0 Å². The average Bonchev–Trinajstić information content (AvgIpc) is 2.54. The summed E-state index contributed by atoms with van der Waals surface area (Å²) < 4.78 is 65.0. The van der Waals surface area contributed by atoms with Crippen molar-refractivity contribution in [1.82, 2.24) is 5.32 Å². The first-order valence-electron chi connectivity index (χ1n) is 4.60. The van der Waals surface area contributed by atoms with E-state index in [1.54, 1.807) is 0 Å². The Hall–Kier alpha value is -0.430. The lowest BCUT2D eigenvalue weighted by molar-refractivity contribution is -0.279. The highest BCUT2D eigenvalue weighted by molar-refractivity contribution is 4.79. The van der Waals surface area contributed by atoms with Crippen LogP contribution in [0, 0.1) is 0 Å². The van der Waals surface area contributed by atoms with Crippen molar-refractivity contribution in [2.75, 3.05) is 19.7 Å². The molecule has 0 aliphatic carbocycles. The third-order valence-corrected chi connectivity index (χ3v) is 2.16. The maximum Gasteiger partial charge on any atom is 0.454 e. The van der Waals surface area contributed by atoms with Crippen LogP contribution in [0.25, 0.3) is 0 Å². The summed E-state index contributed by atoms with van der Waals surface area (Å²) in [4.78, 5) is 0. The summed E-state index contributed by atoms with van der Waals surface area (Å²) in [5, 5.41) is 2.08. The van der Waals surface area contributed by atoms with Gasteiger partial charge in [-0.3, -0.25) is 0 Å². The highest BCUT2D eigenvalue weighted by atomic mass is 19.4. The fourth-order valence-electron chi connectivity index (χ4n) is 1.30. The number of hydrogen-bond donors (Lipinski definition) is 1. The van der Waals surface area contributed by atoms with Crippen LogP contribution in [0.2, 0.25) is 0 Å². The molecular formula is C8H12F5NO. The van der Waals surface area contributed by atoms with Gasteiger partial charge in [-0.1, -0.05) is 0 Å². The molecule has 1 saturated heterocycles. The van der Waals surface area contributed by atoms with E-state index in [1.807, 2.05) is 0 Å². The molecule has 7 heteroatoms. The van der Waals surface area contributed by atoms with Crippen LogP contribution in [0.15, 0.2) is 0 Å². The normalized spacial score (nSPS) is 23.4. The number of hydrogen-bond acceptors (Lipinski definition) is 2. The van der Waals surface area contributed by atoms with Crippen molar-refractivity contribution in [2.24, 2.45) is 0 Å². The molecule has 0 amide bonds. The summed E-state index contributed by atoms with van der Waals surface area (Å²) in [6, 6.07) is 0. The molecule has 0 radical (unpaired) electrons. The van der Waals surface area contributed by atoms with Gasteiger partial charge in [-0.25, -0.2) is 0 Å². The molecule has 0 spiro atoms. The first kappa shape index (κ1) is 12.6. The highest BCUT2D eigenvalue weighted by Gasteiger charge is 2.56. The van der Waals surface area contributed by atoms with Crippen molar-refractivity contribution >= 4 is 0 Å². The van der Waals surface area contributed by atoms with E-state index in [4.69, 9.17) is 4.74 Å². The zero-order valence-electron chi connectivity index (χ0n) is 7.91. The van der Waals surface area contributed by atoms with Gasteiger partial charge in [-0.2, -0.15) is 22.0 Å². The summed E-state index contributed by atoms with van der Waals surface area (Å²) in [7, 11) is 0. The number of halogens is 5. The topological polar surface area (TPSA) is 21.3 Å². The minimum absolute atomic E-state index is 0.0334. The van der Waals surface area contributed by atoms with Crippen LogP contribution in [0.4, 0.5) is 22.0 Å². The Labute approximate surface area is 83.8 Å². The second-order valence-corrected chi connectivity index (χ2v) is 3.47. The molecule has 0 aromatic carbocycles. The first-order chi connectivity index (χ1) is 6.83. The van der Waals surface area contributed by atoms with Gasteiger partial charge in [0.15, 0.2) is 0 Å². The van der Waals surface area contributed by atoms with Crippen molar-refractivity contribution in [3.8, 4) is 0 Å². The zero-order valence-corrected chi connectivity index (χ0v) is 7.91. The van der Waals surface area contributed by atoms with Gasteiger partial charge in [0.25, 0.3) is 0 Å². The highest BCUT2D eigenvalue weighted by Crippen LogP contribution is 2.34. The summed E-state index contributed by atoms with van der Waals surface area (Å²) >= 11 is 0. The van der Waals surface area contributed by atoms with E-state index >= 15 is 0 Å². The maximum absolute atomic E-state index is 12.4. The van der Waals surface area contributed by atoms with Crippen molar-refractivity contribution < 1.29 is 26.7 Å². The van der Waals surface area contributed by atoms with E-state index in [-0.39, 0.29) is 12.6 Å². The molecule has 1 N–H and O–H groups in total. The number of alkyl halides is 5. The largest absolute Gasteiger partial charge is 0.454 e. The van der Waals surface area contributed by atoms with Gasteiger partial charge in [0, 0.05) is 13.2 Å². The summed E-state index contributed by atoms with van der Waals surface area (Å²) in [5.41, 5.74) is 0. The van der Waals surface area contributed by atoms with E-state index < -0.39 is 18.6 Å². The van der Waals surface area contributed by atoms with E-state index in [9.17, 15) is 22.0 Å². The number of rotatable bonds is 4. The fraction of sp³-hybridized carbons (Fsp3) is 1.00. The minimum Gasteiger partial charge on any atom is -0.377 e. The lowest BCUT2D eigenvalue weighted by Gasteiger charge is -2.20. The van der Waals surface area contributed by atoms with Crippen molar-refractivity contribution in [3.05, 3.63) is 0 Å². The molecule has 1 fully saturated rings. The molecular weight excluding hydrogens is 221 g/mol. The lowest BCUT2D eigenvalue weighted by Crippen LogP contribution is -2.46. The van der Waals surface area contributed by atoms with Crippen LogP contribution in [-0.2, 0) is 4.74 Å². The molecule has 0 aromatic rings. The van der Waals surface area contributed by atoms with Gasteiger partial charge in [0.2, 0.25) is 0 Å². The molecule has 0 aromatic heterocycles. The van der Waals surface area contributed by atoms with Crippen LogP contribution in [0.5, 0.6) is 0 Å². The maximum atomic E-state index is 12.4. The average molecular weight is 233 g/mol. The third kappa shape index (κ3) is 3.57. The summed E-state index contributed by atoms with van der Waals surface area (Å²) in [5.74, 6) is -4.67. The molecule has 0 bridgehead atoms. The second kappa shape index (κ2) is 4.61. The Bertz CT molecular complexity index is 200. The van der Waals surface area contributed by atoms with Crippen LogP contribution < -0.4 is 5.32 Å². The van der Waals surface area contributed by atoms with E-state index in [0.717, 1.165) is 6.42 Å². The SMILES string of the molecule is FC(F)(F)C(F)(F)CNCC1CCCO1. The molecule has 1 rings (SSSR count). The van der Waals surface area contributed by atoms with Crippen molar-refractivity contribution in [1.29, 1.82) is 0 Å². The molecule has 0 saturated carbocycles. The van der Waals surface area contributed by atoms with Gasteiger partial charge in [-0.15, -0.1) is 0 Å². The van der Waals surface area contributed by atoms with Crippen LogP contribution in [-0.4, -0.2) is 37.9 Å². The Morgan fingerprint density at radius 3 is 2.33 bits per heavy atom. The smallest absolute Gasteiger partial charge is 0.377 e. The summed E-state index contributed by atoms with van der Waals surface area (Å²) in [6.07, 6.45) is -4.21. The minimum atomic E-state index is -5.49. The van der Waals surface area contributed by atoms with E-state index in [1.165, 1.54) is 0 Å². The van der Waals surface area contributed by atoms with Crippen LogP contribution in [0.3, 0.4) is 0 Å². The second-order valence-electron chi connectivity index (χ2n) is 3.47. The van der Waals surface area contributed by atoms with E-state index in [2.05, 4.69) is 5.32 Å². The van der Waals surface area contributed by atoms with Crippen LogP contribution in [0.1, 0.15) is 12.8 Å². The number of ether oxygens (including phenoxy) is 1. The Morgan fingerprint density at radius 2 is 1.87 bits per heavy atom. The molecule has 90 valence electrons. The van der Waals surface area contributed by atoms with E-state index in [0.29, 0.717) is 13.0 Å². The molecule has 15 heavy (non-hydrogen) atoms. The Kier molecular flexibility index (Phi) is 3.88. The molecule has 2 nitrogen and oxygen atoms in total. The molecule has 1 heterocycles. The Balaban J connectivity index is 2.23. The fourth-order valence-corrected chi connectivity index (χ4v) is 1.30. The molecule has 1 aliphatic rings. The molecule has 1 aliphatic heterocycles. The lowest BCUT2D eigenvalue weighted by atomic mass is 10.2. The van der Waals surface area contributed by atoms with Crippen molar-refractivity contribution in [3.63, 3.8) is 0 Å². The van der Waals surface area contributed by atoms with Crippen LogP contribution >= 0.6 is 0 Å². The predicted molar refractivity (Wildman–Crippen MR) is 42.8 cm³/mol. The summed E-state index contributed by atoms with van der Waals surface area (Å²) in [6.45, 7) is -0.815. The molecule has 1 atom stereocenters. The monoisotopic (exact) mass is 233 g/mol. The van der Waals surface area contributed by atoms with Gasteiger partial charge in [0.1, 0.15) is 0 Å². The van der Waals surface area contributed by atoms with Gasteiger partial charge >= 0.3 is 12.1 Å². The number of nitrogens with one attached hydrogen (secondary N) is 1. The standard InChI is InChI=1S/C8H12F5NO/c9-7(10,8(11,12)13)5-14-4-6-2-1-3-15-6/h6,14H,1-5H2. The third-order valence-electron chi connectivity index (χ3n) is 2.16. The van der Waals surface area contributed by atoms with Gasteiger partial charge in [-0.05, 0) is 12.8 Å². The van der Waals surface area contributed by atoms with Gasteiger partial charge in [0.05, 0.1) is 12.6 Å². The zero-order chi connectivity index (χ0) is 11.5. The quantitative estimate of drug-likeness (QED) is 0.749. The first-order valence-corrected chi connectivity index (χ1v) is 4.60. The Morgan fingerprint density at radius 1 is 1.20 bits per heavy atom. The molecule has 1 unspecified atom stereocenters. The van der Waals surface area contributed by atoms with Gasteiger partial charge < -0.3 is 10.1 Å².